The Morgan fingerprint density at radius 3 is 2.69 bits per heavy atom. The fraction of sp³-hybridized carbons (Fsp3) is 0.176. The Balaban J connectivity index is 1.57. The maximum Gasteiger partial charge on any atom is 0.265 e. The van der Waals surface area contributed by atoms with Gasteiger partial charge in [-0.25, -0.2) is 13.1 Å². The molecule has 0 aliphatic carbocycles. The van der Waals surface area contributed by atoms with Gasteiger partial charge in [0, 0.05) is 17.7 Å². The molecule has 2 amide bonds. The summed E-state index contributed by atoms with van der Waals surface area (Å²) < 4.78 is 37.4. The monoisotopic (exact) mass is 374 g/mol. The van der Waals surface area contributed by atoms with Crippen LogP contribution in [0.25, 0.3) is 0 Å². The molecule has 8 nitrogen and oxygen atoms in total. The fourth-order valence-electron chi connectivity index (χ4n) is 2.80. The van der Waals surface area contributed by atoms with E-state index < -0.39 is 15.9 Å². The van der Waals surface area contributed by atoms with Crippen LogP contribution in [0.4, 0.5) is 5.69 Å². The average Bonchev–Trinajstić information content (AvgIpc) is 3.08. The first-order valence-electron chi connectivity index (χ1n) is 7.82. The summed E-state index contributed by atoms with van der Waals surface area (Å²) in [5, 5.41) is 2.68. The number of benzene rings is 2. The smallest absolute Gasteiger partial charge is 0.265 e. The highest BCUT2D eigenvalue weighted by Gasteiger charge is 2.23. The Morgan fingerprint density at radius 1 is 1.04 bits per heavy atom. The molecule has 2 aromatic rings. The van der Waals surface area contributed by atoms with E-state index in [2.05, 4.69) is 5.32 Å². The van der Waals surface area contributed by atoms with Crippen LogP contribution in [0.1, 0.15) is 22.3 Å². The largest absolute Gasteiger partial charge is 0.454 e. The number of hydrogen-bond donors (Lipinski definition) is 2. The third-order valence-corrected chi connectivity index (χ3v) is 5.47. The van der Waals surface area contributed by atoms with Gasteiger partial charge in [0.15, 0.2) is 11.5 Å². The first-order chi connectivity index (χ1) is 12.4. The van der Waals surface area contributed by atoms with E-state index in [1.54, 1.807) is 6.07 Å². The second kappa shape index (κ2) is 6.03. The van der Waals surface area contributed by atoms with Gasteiger partial charge in [0.25, 0.3) is 15.9 Å². The predicted octanol–water partition coefficient (Wildman–Crippen LogP) is 1.42. The summed E-state index contributed by atoms with van der Waals surface area (Å²) in [6.45, 7) is 0.0599. The minimum atomic E-state index is -4.05. The lowest BCUT2D eigenvalue weighted by atomic mass is 10.0. The van der Waals surface area contributed by atoms with Gasteiger partial charge in [-0.2, -0.15) is 0 Å². The summed E-state index contributed by atoms with van der Waals surface area (Å²) in [4.78, 5) is 23.7. The summed E-state index contributed by atoms with van der Waals surface area (Å²) >= 11 is 0. The molecule has 2 N–H and O–H groups in total. The molecular weight excluding hydrogens is 360 g/mol. The molecule has 0 fully saturated rings. The van der Waals surface area contributed by atoms with Gasteiger partial charge in [-0.1, -0.05) is 0 Å². The van der Waals surface area contributed by atoms with E-state index in [0.29, 0.717) is 35.6 Å². The molecule has 0 bridgehead atoms. The molecule has 2 aromatic carbocycles. The van der Waals surface area contributed by atoms with E-state index >= 15 is 0 Å². The molecule has 0 atom stereocenters. The van der Waals surface area contributed by atoms with Crippen molar-refractivity contribution < 1.29 is 27.5 Å². The van der Waals surface area contributed by atoms with Crippen molar-refractivity contribution >= 4 is 27.5 Å². The number of sulfonamides is 1. The number of nitrogens with one attached hydrogen (secondary N) is 2. The van der Waals surface area contributed by atoms with Crippen LogP contribution in [0.5, 0.6) is 11.5 Å². The number of fused-ring (bicyclic) bond motifs is 2. The van der Waals surface area contributed by atoms with Crippen molar-refractivity contribution in [3.63, 3.8) is 0 Å². The molecule has 0 radical (unpaired) electrons. The highest BCUT2D eigenvalue weighted by atomic mass is 32.2. The van der Waals surface area contributed by atoms with Gasteiger partial charge in [-0.05, 0) is 48.4 Å². The van der Waals surface area contributed by atoms with Gasteiger partial charge >= 0.3 is 0 Å². The quantitative estimate of drug-likeness (QED) is 0.841. The molecule has 2 heterocycles. The van der Waals surface area contributed by atoms with Gasteiger partial charge in [0.1, 0.15) is 0 Å². The molecule has 134 valence electrons. The van der Waals surface area contributed by atoms with Crippen molar-refractivity contribution in [3.8, 4) is 11.5 Å². The Labute approximate surface area is 149 Å². The summed E-state index contributed by atoms with van der Waals surface area (Å²) in [5.41, 5.74) is 1.44. The highest BCUT2D eigenvalue weighted by Crippen LogP contribution is 2.32. The molecular formula is C17H14N2O6S. The van der Waals surface area contributed by atoms with Crippen LogP contribution in [0.2, 0.25) is 0 Å². The Bertz CT molecular complexity index is 1030. The Hall–Kier alpha value is -3.07. The van der Waals surface area contributed by atoms with E-state index in [1.807, 2.05) is 4.72 Å². The maximum atomic E-state index is 12.5. The molecule has 2 aliphatic heterocycles. The normalized spacial score (nSPS) is 15.2. The zero-order valence-electron chi connectivity index (χ0n) is 13.4. The number of hydrogen-bond acceptors (Lipinski definition) is 6. The van der Waals surface area contributed by atoms with E-state index in [9.17, 15) is 18.0 Å². The van der Waals surface area contributed by atoms with Gasteiger partial charge in [0.05, 0.1) is 4.90 Å². The zero-order valence-corrected chi connectivity index (χ0v) is 14.3. The molecule has 2 aliphatic rings. The molecule has 0 spiro atoms. The molecule has 4 rings (SSSR count). The van der Waals surface area contributed by atoms with E-state index in [0.717, 1.165) is 0 Å². The lowest BCUT2D eigenvalue weighted by molar-refractivity contribution is -0.116. The van der Waals surface area contributed by atoms with Crippen LogP contribution < -0.4 is 19.5 Å². The Morgan fingerprint density at radius 2 is 1.85 bits per heavy atom. The Kier molecular flexibility index (Phi) is 3.80. The first-order valence-corrected chi connectivity index (χ1v) is 9.30. The third kappa shape index (κ3) is 2.97. The molecule has 0 unspecified atom stereocenters. The minimum absolute atomic E-state index is 0.0403. The van der Waals surface area contributed by atoms with Crippen LogP contribution >= 0.6 is 0 Å². The maximum absolute atomic E-state index is 12.5. The van der Waals surface area contributed by atoms with Crippen LogP contribution in [0, 0.1) is 0 Å². The molecule has 26 heavy (non-hydrogen) atoms. The van der Waals surface area contributed by atoms with Gasteiger partial charge in [-0.3, -0.25) is 9.59 Å². The second-order valence-electron chi connectivity index (χ2n) is 5.87. The van der Waals surface area contributed by atoms with Gasteiger partial charge in [0.2, 0.25) is 12.7 Å². The van der Waals surface area contributed by atoms with Gasteiger partial charge in [-0.15, -0.1) is 0 Å². The molecule has 0 saturated carbocycles. The van der Waals surface area contributed by atoms with Crippen LogP contribution in [0.15, 0.2) is 41.3 Å². The SMILES string of the molecule is O=C1CCc2cc(S(=O)(=O)NC(=O)c3ccc4c(c3)OCO4)ccc2N1. The topological polar surface area (TPSA) is 111 Å². The van der Waals surface area contributed by atoms with Gasteiger partial charge < -0.3 is 14.8 Å². The van der Waals surface area contributed by atoms with E-state index in [4.69, 9.17) is 9.47 Å². The number of aryl methyl sites for hydroxylation is 1. The van der Waals surface area contributed by atoms with Crippen molar-refractivity contribution in [1.29, 1.82) is 0 Å². The number of rotatable bonds is 3. The highest BCUT2D eigenvalue weighted by molar-refractivity contribution is 7.90. The summed E-state index contributed by atoms with van der Waals surface area (Å²) in [5.74, 6) is 0.0132. The molecule has 9 heteroatoms. The number of carbonyl (C=O) groups is 2. The van der Waals surface area contributed by atoms with Crippen molar-refractivity contribution in [2.24, 2.45) is 0 Å². The number of carbonyl (C=O) groups excluding carboxylic acids is 2. The van der Waals surface area contributed by atoms with Crippen LogP contribution in [0.3, 0.4) is 0 Å². The van der Waals surface area contributed by atoms with Crippen molar-refractivity contribution in [2.75, 3.05) is 12.1 Å². The van der Waals surface area contributed by atoms with E-state index in [1.165, 1.54) is 30.3 Å². The lowest BCUT2D eigenvalue weighted by Crippen LogP contribution is -2.30. The minimum Gasteiger partial charge on any atom is -0.454 e. The third-order valence-electron chi connectivity index (χ3n) is 4.14. The fourth-order valence-corrected chi connectivity index (χ4v) is 3.83. The first kappa shape index (κ1) is 16.4. The summed E-state index contributed by atoms with van der Waals surface area (Å²) in [6.07, 6.45) is 0.737. The van der Waals surface area contributed by atoms with Crippen molar-refractivity contribution in [3.05, 3.63) is 47.5 Å². The standard InChI is InChI=1S/C17H14N2O6S/c20-16-6-2-10-7-12(3-4-13(10)18-16)26(22,23)19-17(21)11-1-5-14-15(8-11)25-9-24-14/h1,3-5,7-8H,2,6,9H2,(H,18,20)(H,19,21). The number of anilines is 1. The molecule has 0 saturated heterocycles. The number of ether oxygens (including phenoxy) is 2. The lowest BCUT2D eigenvalue weighted by Gasteiger charge is -2.17. The second-order valence-corrected chi connectivity index (χ2v) is 7.55. The summed E-state index contributed by atoms with van der Waals surface area (Å²) in [7, 11) is -4.05. The number of amides is 2. The van der Waals surface area contributed by atoms with Crippen LogP contribution in [-0.4, -0.2) is 27.0 Å². The van der Waals surface area contributed by atoms with E-state index in [-0.39, 0.29) is 23.2 Å². The average molecular weight is 374 g/mol. The predicted molar refractivity (Wildman–Crippen MR) is 90.6 cm³/mol. The van der Waals surface area contributed by atoms with Crippen molar-refractivity contribution in [2.45, 2.75) is 17.7 Å². The molecule has 0 aromatic heterocycles. The van der Waals surface area contributed by atoms with Crippen LogP contribution in [-0.2, 0) is 21.2 Å². The summed E-state index contributed by atoms with van der Waals surface area (Å²) in [6, 6.07) is 8.76. The zero-order chi connectivity index (χ0) is 18.3. The van der Waals surface area contributed by atoms with Crippen molar-refractivity contribution in [1.82, 2.24) is 4.72 Å².